The van der Waals surface area contributed by atoms with Crippen molar-refractivity contribution in [2.45, 2.75) is 26.3 Å². The number of amides is 3. The van der Waals surface area contributed by atoms with E-state index in [0.717, 1.165) is 12.0 Å². The third kappa shape index (κ3) is 3.71. The molecule has 5 atom stereocenters. The van der Waals surface area contributed by atoms with Gasteiger partial charge in [-0.2, -0.15) is 0 Å². The molecule has 1 aliphatic heterocycles. The Kier molecular flexibility index (Phi) is 5.55. The summed E-state index contributed by atoms with van der Waals surface area (Å²) in [4.78, 5) is 52.3. The summed E-state index contributed by atoms with van der Waals surface area (Å²) in [6.07, 6.45) is 2.99. The standard InChI is InChI=1S/C27H26N2O5/c1-15-11-19-13-21(15)24-23(19)25(31)29(26(24)32)20-10-6-9-18(12-20)27(33)34-14-22(30)28-16(2)17-7-4-3-5-8-17/h3-12,16,19,21,23-24H,13-14H2,1-2H3,(H,28,30)/t16-,19+,21-,23-,24+/m1/s1. The third-order valence-electron chi connectivity index (χ3n) is 7.23. The summed E-state index contributed by atoms with van der Waals surface area (Å²) in [6, 6.07) is 15.5. The number of esters is 1. The highest BCUT2D eigenvalue weighted by Gasteiger charge is 2.60. The maximum atomic E-state index is 13.2. The first kappa shape index (κ1) is 22.1. The number of allylic oxidation sites excluding steroid dienone is 2. The summed E-state index contributed by atoms with van der Waals surface area (Å²) in [5, 5.41) is 2.79. The summed E-state index contributed by atoms with van der Waals surface area (Å²) in [5.41, 5.74) is 2.67. The fraction of sp³-hybridized carbons (Fsp3) is 0.333. The second-order valence-electron chi connectivity index (χ2n) is 9.31. The Morgan fingerprint density at radius 1 is 1.06 bits per heavy atom. The molecule has 2 fully saturated rings. The van der Waals surface area contributed by atoms with Crippen LogP contribution in [0.3, 0.4) is 0 Å². The Labute approximate surface area is 197 Å². The Morgan fingerprint density at radius 2 is 1.79 bits per heavy atom. The highest BCUT2D eigenvalue weighted by Crippen LogP contribution is 2.55. The first-order valence-corrected chi connectivity index (χ1v) is 11.5. The molecule has 1 saturated carbocycles. The number of benzene rings is 2. The molecule has 2 aliphatic carbocycles. The van der Waals surface area contributed by atoms with Crippen LogP contribution in [-0.2, 0) is 19.1 Å². The van der Waals surface area contributed by atoms with Crippen LogP contribution in [0.1, 0.15) is 42.2 Å². The molecule has 0 radical (unpaired) electrons. The Hall–Kier alpha value is -3.74. The normalized spacial score (nSPS) is 25.7. The number of fused-ring (bicyclic) bond motifs is 5. The zero-order valence-corrected chi connectivity index (χ0v) is 19.1. The molecule has 5 rings (SSSR count). The van der Waals surface area contributed by atoms with Gasteiger partial charge in [0.05, 0.1) is 29.1 Å². The molecule has 34 heavy (non-hydrogen) atoms. The third-order valence-corrected chi connectivity index (χ3v) is 7.23. The summed E-state index contributed by atoms with van der Waals surface area (Å²) in [5.74, 6) is -1.90. The lowest BCUT2D eigenvalue weighted by Gasteiger charge is -2.19. The molecule has 0 unspecified atom stereocenters. The van der Waals surface area contributed by atoms with Crippen molar-refractivity contribution in [1.29, 1.82) is 0 Å². The number of hydrogen-bond donors (Lipinski definition) is 1. The number of nitrogens with one attached hydrogen (secondary N) is 1. The van der Waals surface area contributed by atoms with E-state index >= 15 is 0 Å². The SMILES string of the molecule is CC1=C[C@H]2C[C@H]1[C@@H]1C(=O)N(c3cccc(C(=O)OCC(=O)N[C@H](C)c4ccccc4)c3)C(=O)[C@@H]12. The number of rotatable bonds is 6. The van der Waals surface area contributed by atoms with E-state index < -0.39 is 18.5 Å². The average molecular weight is 459 g/mol. The average Bonchev–Trinajstić information content (AvgIpc) is 3.48. The van der Waals surface area contributed by atoms with E-state index in [-0.39, 0.29) is 47.1 Å². The van der Waals surface area contributed by atoms with E-state index in [1.165, 1.54) is 22.6 Å². The van der Waals surface area contributed by atoms with Crippen LogP contribution in [0.25, 0.3) is 0 Å². The molecule has 3 amide bonds. The molecule has 2 aromatic rings. The number of anilines is 1. The van der Waals surface area contributed by atoms with Gasteiger partial charge in [-0.05, 0) is 55.9 Å². The zero-order chi connectivity index (χ0) is 24.0. The van der Waals surface area contributed by atoms with Gasteiger partial charge in [-0.3, -0.25) is 14.4 Å². The Balaban J connectivity index is 1.23. The molecular weight excluding hydrogens is 432 g/mol. The number of nitrogens with zero attached hydrogens (tertiary/aromatic N) is 1. The molecule has 2 aromatic carbocycles. The lowest BCUT2D eigenvalue weighted by atomic mass is 9.82. The topological polar surface area (TPSA) is 92.8 Å². The summed E-state index contributed by atoms with van der Waals surface area (Å²) in [7, 11) is 0. The number of ether oxygens (including phenoxy) is 1. The summed E-state index contributed by atoms with van der Waals surface area (Å²) in [6.45, 7) is 3.44. The molecule has 1 saturated heterocycles. The van der Waals surface area contributed by atoms with Gasteiger partial charge in [-0.1, -0.05) is 48.0 Å². The number of carbonyl (C=O) groups is 4. The second kappa shape index (κ2) is 8.56. The van der Waals surface area contributed by atoms with Crippen molar-refractivity contribution in [1.82, 2.24) is 5.32 Å². The largest absolute Gasteiger partial charge is 0.452 e. The first-order valence-electron chi connectivity index (χ1n) is 11.5. The van der Waals surface area contributed by atoms with Gasteiger partial charge in [0, 0.05) is 0 Å². The van der Waals surface area contributed by atoms with Crippen LogP contribution in [-0.4, -0.2) is 30.3 Å². The van der Waals surface area contributed by atoms with Crippen LogP contribution in [0.2, 0.25) is 0 Å². The molecule has 1 N–H and O–H groups in total. The van der Waals surface area contributed by atoms with Crippen LogP contribution in [0.4, 0.5) is 5.69 Å². The molecule has 1 heterocycles. The number of hydrogen-bond acceptors (Lipinski definition) is 5. The Morgan fingerprint density at radius 3 is 2.56 bits per heavy atom. The van der Waals surface area contributed by atoms with Crippen LogP contribution < -0.4 is 10.2 Å². The lowest BCUT2D eigenvalue weighted by molar-refractivity contribution is -0.125. The van der Waals surface area contributed by atoms with Crippen molar-refractivity contribution in [3.63, 3.8) is 0 Å². The highest BCUT2D eigenvalue weighted by molar-refractivity contribution is 6.23. The summed E-state index contributed by atoms with van der Waals surface area (Å²) >= 11 is 0. The predicted molar refractivity (Wildman–Crippen MR) is 125 cm³/mol. The van der Waals surface area contributed by atoms with Gasteiger partial charge < -0.3 is 10.1 Å². The van der Waals surface area contributed by atoms with Gasteiger partial charge in [0.1, 0.15) is 0 Å². The van der Waals surface area contributed by atoms with Gasteiger partial charge in [0.25, 0.3) is 5.91 Å². The molecular formula is C27H26N2O5. The molecule has 7 heteroatoms. The molecule has 0 aromatic heterocycles. The van der Waals surface area contributed by atoms with Crippen LogP contribution >= 0.6 is 0 Å². The van der Waals surface area contributed by atoms with Crippen molar-refractivity contribution in [3.8, 4) is 0 Å². The quantitative estimate of drug-likeness (QED) is 0.407. The van der Waals surface area contributed by atoms with Gasteiger partial charge in [0.15, 0.2) is 6.61 Å². The van der Waals surface area contributed by atoms with Crippen LogP contribution in [0.5, 0.6) is 0 Å². The molecule has 2 bridgehead atoms. The fourth-order valence-corrected chi connectivity index (χ4v) is 5.62. The molecule has 0 spiro atoms. The minimum atomic E-state index is -0.693. The molecule has 174 valence electrons. The maximum absolute atomic E-state index is 13.2. The van der Waals surface area contributed by atoms with Gasteiger partial charge >= 0.3 is 5.97 Å². The predicted octanol–water partition coefficient (Wildman–Crippen LogP) is 3.42. The van der Waals surface area contributed by atoms with Gasteiger partial charge in [-0.15, -0.1) is 0 Å². The lowest BCUT2D eigenvalue weighted by Crippen LogP contribution is -2.33. The van der Waals surface area contributed by atoms with E-state index in [1.54, 1.807) is 12.1 Å². The van der Waals surface area contributed by atoms with Crippen molar-refractivity contribution >= 4 is 29.4 Å². The van der Waals surface area contributed by atoms with Crippen LogP contribution in [0.15, 0.2) is 66.2 Å². The molecule has 3 aliphatic rings. The number of imide groups is 1. The van der Waals surface area contributed by atoms with Crippen molar-refractivity contribution < 1.29 is 23.9 Å². The van der Waals surface area contributed by atoms with Gasteiger partial charge in [-0.25, -0.2) is 9.69 Å². The van der Waals surface area contributed by atoms with Crippen molar-refractivity contribution in [2.24, 2.45) is 23.7 Å². The van der Waals surface area contributed by atoms with E-state index in [9.17, 15) is 19.2 Å². The van der Waals surface area contributed by atoms with E-state index in [0.29, 0.717) is 5.69 Å². The monoisotopic (exact) mass is 458 g/mol. The van der Waals surface area contributed by atoms with Crippen molar-refractivity contribution in [3.05, 3.63) is 77.4 Å². The van der Waals surface area contributed by atoms with E-state index in [2.05, 4.69) is 11.4 Å². The minimum Gasteiger partial charge on any atom is -0.452 e. The van der Waals surface area contributed by atoms with Crippen LogP contribution in [0, 0.1) is 23.7 Å². The summed E-state index contributed by atoms with van der Waals surface area (Å²) < 4.78 is 5.18. The maximum Gasteiger partial charge on any atom is 0.338 e. The fourth-order valence-electron chi connectivity index (χ4n) is 5.62. The van der Waals surface area contributed by atoms with E-state index in [4.69, 9.17) is 4.74 Å². The number of carbonyl (C=O) groups excluding carboxylic acids is 4. The van der Waals surface area contributed by atoms with Crippen molar-refractivity contribution in [2.75, 3.05) is 11.5 Å². The van der Waals surface area contributed by atoms with Gasteiger partial charge in [0.2, 0.25) is 11.8 Å². The Bertz CT molecular complexity index is 1200. The zero-order valence-electron chi connectivity index (χ0n) is 19.1. The second-order valence-corrected chi connectivity index (χ2v) is 9.31. The highest BCUT2D eigenvalue weighted by atomic mass is 16.5. The first-order chi connectivity index (χ1) is 16.3. The minimum absolute atomic E-state index is 0.112. The molecule has 7 nitrogen and oxygen atoms in total. The smallest absolute Gasteiger partial charge is 0.338 e. The van der Waals surface area contributed by atoms with E-state index in [1.807, 2.05) is 44.2 Å².